The Morgan fingerprint density at radius 1 is 1.26 bits per heavy atom. The Hall–Kier alpha value is -1.92. The van der Waals surface area contributed by atoms with Crippen molar-refractivity contribution in [2.24, 2.45) is 5.92 Å². The monoisotopic (exact) mass is 374 g/mol. The maximum absolute atomic E-state index is 13.0. The molecule has 1 aromatic rings. The van der Waals surface area contributed by atoms with Crippen LogP contribution >= 0.6 is 0 Å². The third-order valence-electron chi connectivity index (χ3n) is 5.64. The smallest absolute Gasteiger partial charge is 0.303 e. The standard InChI is InChI=1S/C21H30N2O4/c24-20(25)10-9-18(13-16-5-2-1-3-6-16)22-21(26)19-15-27-12-11-23(19)14-17-7-4-8-17/h1-3,5-6,17-19H,4,7-15H2,(H,22,26)(H,24,25). The van der Waals surface area contributed by atoms with Crippen molar-refractivity contribution >= 4 is 11.9 Å². The van der Waals surface area contributed by atoms with Gasteiger partial charge in [-0.1, -0.05) is 36.8 Å². The summed E-state index contributed by atoms with van der Waals surface area (Å²) in [6.45, 7) is 2.82. The third-order valence-corrected chi connectivity index (χ3v) is 5.64. The molecule has 1 heterocycles. The molecule has 1 saturated heterocycles. The molecule has 2 fully saturated rings. The van der Waals surface area contributed by atoms with Gasteiger partial charge in [-0.2, -0.15) is 0 Å². The molecule has 0 radical (unpaired) electrons. The van der Waals surface area contributed by atoms with Crippen molar-refractivity contribution in [3.8, 4) is 0 Å². The van der Waals surface area contributed by atoms with E-state index in [-0.39, 0.29) is 24.4 Å². The van der Waals surface area contributed by atoms with Crippen LogP contribution in [0.5, 0.6) is 0 Å². The quantitative estimate of drug-likeness (QED) is 0.692. The van der Waals surface area contributed by atoms with Gasteiger partial charge in [-0.05, 0) is 37.2 Å². The highest BCUT2D eigenvalue weighted by Crippen LogP contribution is 2.28. The molecule has 1 aliphatic carbocycles. The van der Waals surface area contributed by atoms with Crippen LogP contribution in [-0.4, -0.2) is 60.3 Å². The van der Waals surface area contributed by atoms with Gasteiger partial charge in [-0.3, -0.25) is 14.5 Å². The molecule has 2 unspecified atom stereocenters. The second-order valence-corrected chi connectivity index (χ2v) is 7.71. The van der Waals surface area contributed by atoms with Gasteiger partial charge in [0.1, 0.15) is 6.04 Å². The lowest BCUT2D eigenvalue weighted by molar-refractivity contribution is -0.138. The van der Waals surface area contributed by atoms with Gasteiger partial charge in [0, 0.05) is 25.6 Å². The van der Waals surface area contributed by atoms with Crippen LogP contribution in [0.3, 0.4) is 0 Å². The van der Waals surface area contributed by atoms with Crippen molar-refractivity contribution in [3.63, 3.8) is 0 Å². The van der Waals surface area contributed by atoms with Gasteiger partial charge in [-0.25, -0.2) is 0 Å². The van der Waals surface area contributed by atoms with Crippen LogP contribution in [-0.2, 0) is 20.7 Å². The lowest BCUT2D eigenvalue weighted by atomic mass is 9.84. The molecule has 148 valence electrons. The molecule has 1 saturated carbocycles. The van der Waals surface area contributed by atoms with Crippen molar-refractivity contribution in [3.05, 3.63) is 35.9 Å². The van der Waals surface area contributed by atoms with Gasteiger partial charge in [0.2, 0.25) is 5.91 Å². The fourth-order valence-electron chi connectivity index (χ4n) is 3.82. The van der Waals surface area contributed by atoms with Crippen LogP contribution in [0.25, 0.3) is 0 Å². The molecule has 6 heteroatoms. The van der Waals surface area contributed by atoms with E-state index in [0.717, 1.165) is 18.7 Å². The van der Waals surface area contributed by atoms with Crippen molar-refractivity contribution < 1.29 is 19.4 Å². The summed E-state index contributed by atoms with van der Waals surface area (Å²) in [5.41, 5.74) is 1.10. The molecule has 6 nitrogen and oxygen atoms in total. The number of hydrogen-bond donors (Lipinski definition) is 2. The first-order valence-corrected chi connectivity index (χ1v) is 9.99. The van der Waals surface area contributed by atoms with Crippen LogP contribution < -0.4 is 5.32 Å². The normalized spacial score (nSPS) is 22.0. The Morgan fingerprint density at radius 3 is 2.70 bits per heavy atom. The summed E-state index contributed by atoms with van der Waals surface area (Å²) in [6.07, 6.45) is 4.90. The summed E-state index contributed by atoms with van der Waals surface area (Å²) in [7, 11) is 0. The minimum atomic E-state index is -0.838. The fraction of sp³-hybridized carbons (Fsp3) is 0.619. The van der Waals surface area contributed by atoms with E-state index in [0.29, 0.717) is 32.0 Å². The first kappa shape index (κ1) is 19.8. The zero-order valence-corrected chi connectivity index (χ0v) is 15.8. The number of carboxylic acid groups (broad SMARTS) is 1. The Morgan fingerprint density at radius 2 is 2.04 bits per heavy atom. The lowest BCUT2D eigenvalue weighted by Gasteiger charge is -2.39. The van der Waals surface area contributed by atoms with Gasteiger partial charge in [0.25, 0.3) is 0 Å². The number of carbonyl (C=O) groups is 2. The summed E-state index contributed by atoms with van der Waals surface area (Å²) in [5.74, 6) is -0.180. The largest absolute Gasteiger partial charge is 0.481 e. The van der Waals surface area contributed by atoms with E-state index < -0.39 is 5.97 Å². The topological polar surface area (TPSA) is 78.9 Å². The molecule has 1 aromatic carbocycles. The highest BCUT2D eigenvalue weighted by molar-refractivity contribution is 5.82. The average Bonchev–Trinajstić information content (AvgIpc) is 2.64. The lowest BCUT2D eigenvalue weighted by Crippen LogP contribution is -2.57. The van der Waals surface area contributed by atoms with E-state index in [1.165, 1.54) is 19.3 Å². The SMILES string of the molecule is O=C(O)CCC(Cc1ccccc1)NC(=O)C1COCCN1CC1CCC1. The Bertz CT molecular complexity index is 618. The molecule has 0 bridgehead atoms. The summed E-state index contributed by atoms with van der Waals surface area (Å²) in [5, 5.41) is 12.2. The zero-order valence-electron chi connectivity index (χ0n) is 15.8. The van der Waals surface area contributed by atoms with Crippen LogP contribution in [0.4, 0.5) is 0 Å². The molecule has 2 aliphatic rings. The molecule has 27 heavy (non-hydrogen) atoms. The number of benzene rings is 1. The number of rotatable bonds is 9. The molecule has 0 aromatic heterocycles. The predicted octanol–water partition coefficient (Wildman–Crippen LogP) is 2.08. The number of amides is 1. The third kappa shape index (κ3) is 6.04. The van der Waals surface area contributed by atoms with E-state index >= 15 is 0 Å². The van der Waals surface area contributed by atoms with E-state index in [1.807, 2.05) is 30.3 Å². The second kappa shape index (κ2) is 9.85. The predicted molar refractivity (Wildman–Crippen MR) is 102 cm³/mol. The van der Waals surface area contributed by atoms with Crippen molar-refractivity contribution in [1.29, 1.82) is 0 Å². The summed E-state index contributed by atoms with van der Waals surface area (Å²) in [6, 6.07) is 9.41. The van der Waals surface area contributed by atoms with Crippen LogP contribution in [0, 0.1) is 5.92 Å². The first-order valence-electron chi connectivity index (χ1n) is 9.99. The van der Waals surface area contributed by atoms with Gasteiger partial charge >= 0.3 is 5.97 Å². The molecule has 0 spiro atoms. The highest BCUT2D eigenvalue weighted by atomic mass is 16.5. The molecule has 1 amide bonds. The van der Waals surface area contributed by atoms with Crippen LogP contribution in [0.1, 0.15) is 37.7 Å². The zero-order chi connectivity index (χ0) is 19.1. The van der Waals surface area contributed by atoms with Gasteiger partial charge in [0.05, 0.1) is 13.2 Å². The number of carboxylic acids is 1. The number of nitrogens with one attached hydrogen (secondary N) is 1. The molecule has 1 aliphatic heterocycles. The van der Waals surface area contributed by atoms with E-state index in [1.54, 1.807) is 0 Å². The summed E-state index contributed by atoms with van der Waals surface area (Å²) in [4.78, 5) is 26.2. The van der Waals surface area contributed by atoms with Crippen molar-refractivity contribution in [2.75, 3.05) is 26.3 Å². The molecular formula is C21H30N2O4. The molecule has 2 atom stereocenters. The maximum Gasteiger partial charge on any atom is 0.303 e. The van der Waals surface area contributed by atoms with Gasteiger partial charge in [0.15, 0.2) is 0 Å². The molecule has 3 rings (SSSR count). The second-order valence-electron chi connectivity index (χ2n) is 7.71. The van der Waals surface area contributed by atoms with Gasteiger partial charge < -0.3 is 15.2 Å². The number of morpholine rings is 1. The molecular weight excluding hydrogens is 344 g/mol. The summed E-state index contributed by atoms with van der Waals surface area (Å²) >= 11 is 0. The van der Waals surface area contributed by atoms with Crippen molar-refractivity contribution in [1.82, 2.24) is 10.2 Å². The molecule has 2 N–H and O–H groups in total. The maximum atomic E-state index is 13.0. The van der Waals surface area contributed by atoms with Crippen molar-refractivity contribution in [2.45, 2.75) is 50.6 Å². The fourth-order valence-corrected chi connectivity index (χ4v) is 3.82. The highest BCUT2D eigenvalue weighted by Gasteiger charge is 2.33. The number of ether oxygens (including phenoxy) is 1. The Labute approximate surface area is 160 Å². The van der Waals surface area contributed by atoms with Gasteiger partial charge in [-0.15, -0.1) is 0 Å². The number of carbonyl (C=O) groups excluding carboxylic acids is 1. The average molecular weight is 374 g/mol. The van der Waals surface area contributed by atoms with E-state index in [4.69, 9.17) is 9.84 Å². The number of aliphatic carboxylic acids is 1. The Kier molecular flexibility index (Phi) is 7.24. The first-order chi connectivity index (χ1) is 13.1. The minimum absolute atomic E-state index is 0.0413. The van der Waals surface area contributed by atoms with E-state index in [9.17, 15) is 9.59 Å². The van der Waals surface area contributed by atoms with Crippen LogP contribution in [0.2, 0.25) is 0 Å². The Balaban J connectivity index is 1.61. The van der Waals surface area contributed by atoms with E-state index in [2.05, 4.69) is 10.2 Å². The number of hydrogen-bond acceptors (Lipinski definition) is 4. The number of nitrogens with zero attached hydrogens (tertiary/aromatic N) is 1. The summed E-state index contributed by atoms with van der Waals surface area (Å²) < 4.78 is 5.57. The van der Waals surface area contributed by atoms with Crippen LogP contribution in [0.15, 0.2) is 30.3 Å². The minimum Gasteiger partial charge on any atom is -0.481 e.